The van der Waals surface area contributed by atoms with Crippen LogP contribution in [0.25, 0.3) is 11.0 Å². The van der Waals surface area contributed by atoms with E-state index in [1.54, 1.807) is 4.90 Å². The van der Waals surface area contributed by atoms with Gasteiger partial charge in [-0.2, -0.15) is 0 Å². The number of nitrogens with zero attached hydrogens (tertiary/aromatic N) is 3. The molecule has 174 valence electrons. The second-order valence-corrected chi connectivity index (χ2v) is 8.59. The standard InChI is InChI=1S/C27H25F2N3O2/c28-22-11-10-20(16-23(22)29)27(33)31-14-12-19(13-15-31)17-32-25-9-5-4-8-24(25)30-26(32)18-34-21-6-2-1-3-7-21/h1-11,16,19H,12-15,17-18H2. The van der Waals surface area contributed by atoms with Gasteiger partial charge in [0.05, 0.1) is 11.0 Å². The number of para-hydroxylation sites is 3. The van der Waals surface area contributed by atoms with Gasteiger partial charge >= 0.3 is 0 Å². The monoisotopic (exact) mass is 461 g/mol. The summed E-state index contributed by atoms with van der Waals surface area (Å²) < 4.78 is 35.0. The van der Waals surface area contributed by atoms with Crippen molar-refractivity contribution in [2.24, 2.45) is 5.92 Å². The van der Waals surface area contributed by atoms with Crippen LogP contribution in [0.1, 0.15) is 29.0 Å². The van der Waals surface area contributed by atoms with E-state index in [-0.39, 0.29) is 11.5 Å². The van der Waals surface area contributed by atoms with Crippen LogP contribution in [-0.2, 0) is 13.2 Å². The van der Waals surface area contributed by atoms with Crippen molar-refractivity contribution in [1.29, 1.82) is 0 Å². The summed E-state index contributed by atoms with van der Waals surface area (Å²) >= 11 is 0. The number of rotatable bonds is 6. The van der Waals surface area contributed by atoms with Crippen molar-refractivity contribution in [3.05, 3.63) is 95.8 Å². The maximum Gasteiger partial charge on any atom is 0.253 e. The lowest BCUT2D eigenvalue weighted by molar-refractivity contribution is 0.0682. The molecule has 1 fully saturated rings. The maximum absolute atomic E-state index is 13.6. The van der Waals surface area contributed by atoms with Crippen molar-refractivity contribution in [1.82, 2.24) is 14.5 Å². The van der Waals surface area contributed by atoms with Gasteiger partial charge in [0.2, 0.25) is 0 Å². The third-order valence-corrected chi connectivity index (χ3v) is 6.35. The van der Waals surface area contributed by atoms with E-state index in [0.717, 1.165) is 54.1 Å². The highest BCUT2D eigenvalue weighted by molar-refractivity contribution is 5.94. The zero-order valence-electron chi connectivity index (χ0n) is 18.7. The number of hydrogen-bond donors (Lipinski definition) is 0. The van der Waals surface area contributed by atoms with E-state index in [0.29, 0.717) is 25.6 Å². The number of aromatic nitrogens is 2. The highest BCUT2D eigenvalue weighted by Gasteiger charge is 2.25. The number of piperidine rings is 1. The Morgan fingerprint density at radius 2 is 1.68 bits per heavy atom. The molecule has 0 aliphatic carbocycles. The zero-order chi connectivity index (χ0) is 23.5. The molecule has 0 N–H and O–H groups in total. The molecule has 5 nitrogen and oxygen atoms in total. The van der Waals surface area contributed by atoms with Gasteiger partial charge in [0.25, 0.3) is 5.91 Å². The molecule has 1 amide bonds. The number of carbonyl (C=O) groups is 1. The summed E-state index contributed by atoms with van der Waals surface area (Å²) in [5, 5.41) is 0. The molecule has 3 aromatic carbocycles. The second-order valence-electron chi connectivity index (χ2n) is 8.59. The molecular formula is C27H25F2N3O2. The minimum atomic E-state index is -1.00. The molecule has 1 aromatic heterocycles. The lowest BCUT2D eigenvalue weighted by atomic mass is 9.96. The third kappa shape index (κ3) is 4.64. The second kappa shape index (κ2) is 9.63. The van der Waals surface area contributed by atoms with Crippen molar-refractivity contribution >= 4 is 16.9 Å². The Hall–Kier alpha value is -3.74. The fourth-order valence-corrected chi connectivity index (χ4v) is 4.49. The third-order valence-electron chi connectivity index (χ3n) is 6.35. The van der Waals surface area contributed by atoms with Gasteiger partial charge in [0.15, 0.2) is 11.6 Å². The van der Waals surface area contributed by atoms with E-state index in [2.05, 4.69) is 10.6 Å². The van der Waals surface area contributed by atoms with Crippen LogP contribution >= 0.6 is 0 Å². The average molecular weight is 462 g/mol. The first kappa shape index (κ1) is 22.1. The zero-order valence-corrected chi connectivity index (χ0v) is 18.7. The van der Waals surface area contributed by atoms with Gasteiger partial charge < -0.3 is 14.2 Å². The number of benzene rings is 3. The average Bonchev–Trinajstić information content (AvgIpc) is 3.22. The molecule has 0 bridgehead atoms. The van der Waals surface area contributed by atoms with Crippen LogP contribution in [0.4, 0.5) is 8.78 Å². The summed E-state index contributed by atoms with van der Waals surface area (Å²) in [7, 11) is 0. The molecule has 5 rings (SSSR count). The molecule has 34 heavy (non-hydrogen) atoms. The van der Waals surface area contributed by atoms with Crippen LogP contribution < -0.4 is 4.74 Å². The maximum atomic E-state index is 13.6. The number of likely N-dealkylation sites (tertiary alicyclic amines) is 1. The number of halogens is 2. The Labute approximate surface area is 196 Å². The predicted octanol–water partition coefficient (Wildman–Crippen LogP) is 5.45. The topological polar surface area (TPSA) is 47.4 Å². The van der Waals surface area contributed by atoms with Crippen molar-refractivity contribution < 1.29 is 18.3 Å². The van der Waals surface area contributed by atoms with Crippen molar-refractivity contribution in [3.8, 4) is 5.75 Å². The summed E-state index contributed by atoms with van der Waals surface area (Å²) in [5.74, 6) is -0.187. The van der Waals surface area contributed by atoms with Crippen molar-refractivity contribution in [2.45, 2.75) is 26.0 Å². The van der Waals surface area contributed by atoms with Gasteiger partial charge in [-0.15, -0.1) is 0 Å². The number of imidazole rings is 1. The first-order chi connectivity index (χ1) is 16.6. The molecule has 0 atom stereocenters. The Balaban J connectivity index is 1.27. The van der Waals surface area contributed by atoms with Crippen molar-refractivity contribution in [3.63, 3.8) is 0 Å². The van der Waals surface area contributed by atoms with Gasteiger partial charge in [-0.05, 0) is 61.2 Å². The van der Waals surface area contributed by atoms with Gasteiger partial charge in [-0.25, -0.2) is 13.8 Å². The first-order valence-corrected chi connectivity index (χ1v) is 11.4. The van der Waals surface area contributed by atoms with Gasteiger partial charge in [-0.3, -0.25) is 4.79 Å². The Morgan fingerprint density at radius 1 is 0.941 bits per heavy atom. The molecule has 1 saturated heterocycles. The molecule has 7 heteroatoms. The quantitative estimate of drug-likeness (QED) is 0.384. The molecule has 0 spiro atoms. The van der Waals surface area contributed by atoms with E-state index >= 15 is 0 Å². The summed E-state index contributed by atoms with van der Waals surface area (Å²) in [5.41, 5.74) is 2.17. The molecule has 4 aromatic rings. The lowest BCUT2D eigenvalue weighted by Gasteiger charge is -2.32. The van der Waals surface area contributed by atoms with Gasteiger partial charge in [-0.1, -0.05) is 30.3 Å². The largest absolute Gasteiger partial charge is 0.486 e. The SMILES string of the molecule is O=C(c1ccc(F)c(F)c1)N1CCC(Cn2c(COc3ccccc3)nc3ccccc32)CC1. The molecular weight excluding hydrogens is 436 g/mol. The van der Waals surface area contributed by atoms with E-state index in [4.69, 9.17) is 9.72 Å². The van der Waals surface area contributed by atoms with E-state index in [1.807, 2.05) is 48.5 Å². The Bertz CT molecular complexity index is 1300. The van der Waals surface area contributed by atoms with E-state index in [9.17, 15) is 13.6 Å². The van der Waals surface area contributed by atoms with Crippen LogP contribution in [0, 0.1) is 17.6 Å². The van der Waals surface area contributed by atoms with E-state index < -0.39 is 11.6 Å². The molecule has 1 aliphatic heterocycles. The van der Waals surface area contributed by atoms with Crippen LogP contribution in [0.2, 0.25) is 0 Å². The summed E-state index contributed by atoms with van der Waals surface area (Å²) in [4.78, 5) is 19.3. The number of carbonyl (C=O) groups excluding carboxylic acids is 1. The fourth-order valence-electron chi connectivity index (χ4n) is 4.49. The van der Waals surface area contributed by atoms with Crippen LogP contribution in [-0.4, -0.2) is 33.4 Å². The van der Waals surface area contributed by atoms with Crippen LogP contribution in [0.15, 0.2) is 72.8 Å². The molecule has 2 heterocycles. The first-order valence-electron chi connectivity index (χ1n) is 11.4. The van der Waals surface area contributed by atoms with E-state index in [1.165, 1.54) is 6.07 Å². The highest BCUT2D eigenvalue weighted by atomic mass is 19.2. The normalized spacial score (nSPS) is 14.5. The highest BCUT2D eigenvalue weighted by Crippen LogP contribution is 2.25. The smallest absolute Gasteiger partial charge is 0.253 e. The predicted molar refractivity (Wildman–Crippen MR) is 125 cm³/mol. The summed E-state index contributed by atoms with van der Waals surface area (Å²) in [6.07, 6.45) is 1.64. The molecule has 1 aliphatic rings. The molecule has 0 saturated carbocycles. The Morgan fingerprint density at radius 3 is 2.44 bits per heavy atom. The van der Waals surface area contributed by atoms with Gasteiger partial charge in [0, 0.05) is 25.2 Å². The van der Waals surface area contributed by atoms with Gasteiger partial charge in [0.1, 0.15) is 18.2 Å². The molecule has 0 unspecified atom stereocenters. The number of fused-ring (bicyclic) bond motifs is 1. The number of ether oxygens (including phenoxy) is 1. The minimum Gasteiger partial charge on any atom is -0.486 e. The molecule has 0 radical (unpaired) electrons. The summed E-state index contributed by atoms with van der Waals surface area (Å²) in [6.45, 7) is 2.29. The fraction of sp³-hybridized carbons (Fsp3) is 0.259. The van der Waals surface area contributed by atoms with Crippen LogP contribution in [0.3, 0.4) is 0 Å². The lowest BCUT2D eigenvalue weighted by Crippen LogP contribution is -2.39. The summed E-state index contributed by atoms with van der Waals surface area (Å²) in [6, 6.07) is 21.0. The van der Waals surface area contributed by atoms with Crippen LogP contribution in [0.5, 0.6) is 5.75 Å². The number of amides is 1. The van der Waals surface area contributed by atoms with Crippen molar-refractivity contribution in [2.75, 3.05) is 13.1 Å². The Kier molecular flexibility index (Phi) is 6.25. The minimum absolute atomic E-state index is 0.179. The number of hydrogen-bond acceptors (Lipinski definition) is 3.